The van der Waals surface area contributed by atoms with Gasteiger partial charge in [-0.25, -0.2) is 0 Å². The number of halogens is 1. The molecule has 80 valence electrons. The molecule has 0 fully saturated rings. The average molecular weight is 224 g/mol. The molecule has 0 atom stereocenters. The smallest absolute Gasteiger partial charge is 0.0992 e. The summed E-state index contributed by atoms with van der Waals surface area (Å²) >= 11 is 6.01. The fourth-order valence-electron chi connectivity index (χ4n) is 1.03. The first kappa shape index (κ1) is 12.0. The zero-order chi connectivity index (χ0) is 11.5. The van der Waals surface area contributed by atoms with Gasteiger partial charge in [0, 0.05) is 5.02 Å². The molecule has 0 aliphatic carbocycles. The maximum atomic E-state index is 8.67. The SMILES string of the molecule is CC(C)(C)OCc1ccc(C#N)cc1Cl. The molecule has 0 unspecified atom stereocenters. The molecular weight excluding hydrogens is 210 g/mol. The Balaban J connectivity index is 2.76. The summed E-state index contributed by atoms with van der Waals surface area (Å²) in [6, 6.07) is 7.27. The highest BCUT2D eigenvalue weighted by Crippen LogP contribution is 2.20. The van der Waals surface area contributed by atoms with Crippen molar-refractivity contribution in [3.05, 3.63) is 34.3 Å². The zero-order valence-corrected chi connectivity index (χ0v) is 9.93. The van der Waals surface area contributed by atoms with Crippen LogP contribution in [0.1, 0.15) is 31.9 Å². The van der Waals surface area contributed by atoms with Crippen LogP contribution in [0.5, 0.6) is 0 Å². The van der Waals surface area contributed by atoms with Crippen molar-refractivity contribution in [2.75, 3.05) is 0 Å². The second-order valence-corrected chi connectivity index (χ2v) is 4.73. The summed E-state index contributed by atoms with van der Waals surface area (Å²) in [7, 11) is 0. The molecule has 1 aromatic rings. The molecule has 0 aliphatic rings. The predicted molar refractivity (Wildman–Crippen MR) is 60.7 cm³/mol. The van der Waals surface area contributed by atoms with Crippen LogP contribution in [-0.2, 0) is 11.3 Å². The van der Waals surface area contributed by atoms with Gasteiger partial charge in [-0.3, -0.25) is 0 Å². The summed E-state index contributed by atoms with van der Waals surface area (Å²) in [6.45, 7) is 6.44. The van der Waals surface area contributed by atoms with Crippen LogP contribution >= 0.6 is 11.6 Å². The quantitative estimate of drug-likeness (QED) is 0.769. The van der Waals surface area contributed by atoms with E-state index in [0.717, 1.165) is 5.56 Å². The monoisotopic (exact) mass is 223 g/mol. The Hall–Kier alpha value is -1.04. The van der Waals surface area contributed by atoms with Gasteiger partial charge in [0.15, 0.2) is 0 Å². The number of rotatable bonds is 2. The summed E-state index contributed by atoms with van der Waals surface area (Å²) in [4.78, 5) is 0. The highest BCUT2D eigenvalue weighted by molar-refractivity contribution is 6.31. The van der Waals surface area contributed by atoms with E-state index in [9.17, 15) is 0 Å². The molecule has 0 amide bonds. The van der Waals surface area contributed by atoms with Crippen LogP contribution in [0.3, 0.4) is 0 Å². The lowest BCUT2D eigenvalue weighted by atomic mass is 10.1. The first-order valence-corrected chi connectivity index (χ1v) is 5.12. The minimum atomic E-state index is -0.183. The van der Waals surface area contributed by atoms with E-state index in [1.54, 1.807) is 12.1 Å². The van der Waals surface area contributed by atoms with E-state index in [0.29, 0.717) is 17.2 Å². The number of ether oxygens (including phenoxy) is 1. The second-order valence-electron chi connectivity index (χ2n) is 4.32. The molecule has 0 saturated carbocycles. The van der Waals surface area contributed by atoms with Crippen molar-refractivity contribution in [3.63, 3.8) is 0 Å². The Morgan fingerprint density at radius 3 is 2.53 bits per heavy atom. The molecule has 1 aromatic carbocycles. The molecule has 0 radical (unpaired) electrons. The van der Waals surface area contributed by atoms with E-state index in [1.165, 1.54) is 0 Å². The summed E-state index contributed by atoms with van der Waals surface area (Å²) in [5.41, 5.74) is 1.29. The Morgan fingerprint density at radius 2 is 2.07 bits per heavy atom. The first-order chi connectivity index (χ1) is 6.92. The fraction of sp³-hybridized carbons (Fsp3) is 0.417. The lowest BCUT2D eigenvalue weighted by Gasteiger charge is -2.19. The first-order valence-electron chi connectivity index (χ1n) is 4.75. The van der Waals surface area contributed by atoms with Crippen molar-refractivity contribution in [2.24, 2.45) is 0 Å². The van der Waals surface area contributed by atoms with Crippen LogP contribution in [0.15, 0.2) is 18.2 Å². The van der Waals surface area contributed by atoms with Gasteiger partial charge >= 0.3 is 0 Å². The highest BCUT2D eigenvalue weighted by Gasteiger charge is 2.11. The molecular formula is C12H14ClNO. The minimum Gasteiger partial charge on any atom is -0.371 e. The normalized spacial score (nSPS) is 11.1. The Kier molecular flexibility index (Phi) is 3.73. The van der Waals surface area contributed by atoms with Crippen LogP contribution < -0.4 is 0 Å². The molecule has 0 saturated heterocycles. The van der Waals surface area contributed by atoms with Gasteiger partial charge in [0.1, 0.15) is 0 Å². The van der Waals surface area contributed by atoms with Gasteiger partial charge in [0.05, 0.1) is 23.8 Å². The number of benzene rings is 1. The number of nitriles is 1. The molecule has 1 rings (SSSR count). The van der Waals surface area contributed by atoms with Gasteiger partial charge in [-0.1, -0.05) is 17.7 Å². The maximum absolute atomic E-state index is 8.67. The van der Waals surface area contributed by atoms with Crippen LogP contribution in [0.2, 0.25) is 5.02 Å². The molecule has 0 N–H and O–H groups in total. The van der Waals surface area contributed by atoms with Gasteiger partial charge in [0.25, 0.3) is 0 Å². The van der Waals surface area contributed by atoms with E-state index in [1.807, 2.05) is 32.9 Å². The van der Waals surface area contributed by atoms with Crippen LogP contribution in [0, 0.1) is 11.3 Å². The van der Waals surface area contributed by atoms with Crippen molar-refractivity contribution in [1.29, 1.82) is 5.26 Å². The molecule has 0 spiro atoms. The summed E-state index contributed by atoms with van der Waals surface area (Å²) in [6.07, 6.45) is 0. The van der Waals surface area contributed by atoms with E-state index in [4.69, 9.17) is 21.6 Å². The highest BCUT2D eigenvalue weighted by atomic mass is 35.5. The Bertz CT molecular complexity index is 388. The Morgan fingerprint density at radius 1 is 1.40 bits per heavy atom. The Labute approximate surface area is 95.4 Å². The van der Waals surface area contributed by atoms with E-state index < -0.39 is 0 Å². The summed E-state index contributed by atoms with van der Waals surface area (Å²) in [5.74, 6) is 0. The molecule has 2 nitrogen and oxygen atoms in total. The zero-order valence-electron chi connectivity index (χ0n) is 9.17. The molecule has 0 aromatic heterocycles. The molecule has 0 heterocycles. The molecule has 15 heavy (non-hydrogen) atoms. The van der Waals surface area contributed by atoms with Crippen molar-refractivity contribution in [1.82, 2.24) is 0 Å². The summed E-state index contributed by atoms with van der Waals surface area (Å²) < 4.78 is 5.60. The van der Waals surface area contributed by atoms with Crippen LogP contribution in [-0.4, -0.2) is 5.60 Å². The largest absolute Gasteiger partial charge is 0.371 e. The van der Waals surface area contributed by atoms with E-state index in [-0.39, 0.29) is 5.60 Å². The van der Waals surface area contributed by atoms with Gasteiger partial charge in [-0.2, -0.15) is 5.26 Å². The topological polar surface area (TPSA) is 33.0 Å². The fourth-order valence-corrected chi connectivity index (χ4v) is 1.26. The van der Waals surface area contributed by atoms with Gasteiger partial charge in [0.2, 0.25) is 0 Å². The van der Waals surface area contributed by atoms with E-state index >= 15 is 0 Å². The van der Waals surface area contributed by atoms with Crippen LogP contribution in [0.25, 0.3) is 0 Å². The lowest BCUT2D eigenvalue weighted by molar-refractivity contribution is -0.0149. The number of hydrogen-bond donors (Lipinski definition) is 0. The molecule has 0 aliphatic heterocycles. The average Bonchev–Trinajstić information content (AvgIpc) is 2.14. The lowest BCUT2D eigenvalue weighted by Crippen LogP contribution is -2.18. The van der Waals surface area contributed by atoms with Crippen molar-refractivity contribution in [3.8, 4) is 6.07 Å². The predicted octanol–water partition coefficient (Wildman–Crippen LogP) is 3.53. The minimum absolute atomic E-state index is 0.183. The van der Waals surface area contributed by atoms with E-state index in [2.05, 4.69) is 0 Å². The van der Waals surface area contributed by atoms with Crippen molar-refractivity contribution < 1.29 is 4.74 Å². The van der Waals surface area contributed by atoms with Crippen molar-refractivity contribution >= 4 is 11.6 Å². The second kappa shape index (κ2) is 4.65. The molecule has 3 heteroatoms. The van der Waals surface area contributed by atoms with Crippen molar-refractivity contribution in [2.45, 2.75) is 33.0 Å². The van der Waals surface area contributed by atoms with Gasteiger partial charge < -0.3 is 4.74 Å². The maximum Gasteiger partial charge on any atom is 0.0992 e. The third kappa shape index (κ3) is 3.91. The van der Waals surface area contributed by atoms with Gasteiger partial charge in [-0.15, -0.1) is 0 Å². The number of nitrogens with zero attached hydrogens (tertiary/aromatic N) is 1. The third-order valence-electron chi connectivity index (χ3n) is 1.84. The van der Waals surface area contributed by atoms with Crippen LogP contribution in [0.4, 0.5) is 0 Å². The standard InChI is InChI=1S/C12H14ClNO/c1-12(2,3)15-8-10-5-4-9(7-14)6-11(10)13/h4-6H,8H2,1-3H3. The summed E-state index contributed by atoms with van der Waals surface area (Å²) in [5, 5.41) is 9.25. The third-order valence-corrected chi connectivity index (χ3v) is 2.19. The van der Waals surface area contributed by atoms with Gasteiger partial charge in [-0.05, 0) is 38.5 Å². The molecule has 0 bridgehead atoms. The number of hydrogen-bond acceptors (Lipinski definition) is 2.